The van der Waals surface area contributed by atoms with E-state index in [4.69, 9.17) is 4.74 Å². The summed E-state index contributed by atoms with van der Waals surface area (Å²) in [6.07, 6.45) is -6.70. The van der Waals surface area contributed by atoms with Crippen LogP contribution >= 0.6 is 0 Å². The molecule has 2 aliphatic rings. The molecule has 2 aromatic heterocycles. The van der Waals surface area contributed by atoms with Crippen LogP contribution in [0.3, 0.4) is 0 Å². The topological polar surface area (TPSA) is 69.0 Å². The summed E-state index contributed by atoms with van der Waals surface area (Å²) < 4.78 is 103. The van der Waals surface area contributed by atoms with Gasteiger partial charge in [-0.3, -0.25) is 4.98 Å². The second-order valence-electron chi connectivity index (χ2n) is 10.8. The van der Waals surface area contributed by atoms with Gasteiger partial charge in [0.1, 0.15) is 23.3 Å². The summed E-state index contributed by atoms with van der Waals surface area (Å²) in [5, 5.41) is 8.78. The molecule has 1 saturated heterocycles. The lowest BCUT2D eigenvalue weighted by atomic mass is 9.87. The van der Waals surface area contributed by atoms with Crippen LogP contribution in [0.25, 0.3) is 0 Å². The van der Waals surface area contributed by atoms with Gasteiger partial charge in [0.25, 0.3) is 0 Å². The predicted octanol–water partition coefficient (Wildman–Crippen LogP) is 6.33. The number of benzene rings is 2. The zero-order valence-corrected chi connectivity index (χ0v) is 22.6. The molecule has 1 fully saturated rings. The van der Waals surface area contributed by atoms with Crippen LogP contribution in [0.2, 0.25) is 0 Å². The fraction of sp³-hybridized carbons (Fsp3) is 0.379. The first-order chi connectivity index (χ1) is 20.4. The summed E-state index contributed by atoms with van der Waals surface area (Å²) >= 11 is 0. The SMILES string of the molecule is C[C@@H](O[C@H]1Cc2nnc(C3CN(c4cnccn4)C3)n2C[C@@H]1c1ccc(F)cc1)c1cc(C(F)(F)F)cc(C(F)(F)F)c1. The molecule has 0 unspecified atom stereocenters. The predicted molar refractivity (Wildman–Crippen MR) is 140 cm³/mol. The third-order valence-electron chi connectivity index (χ3n) is 7.94. The zero-order valence-electron chi connectivity index (χ0n) is 22.6. The highest BCUT2D eigenvalue weighted by Gasteiger charge is 2.40. The summed E-state index contributed by atoms with van der Waals surface area (Å²) in [5.41, 5.74) is -2.37. The molecule has 6 rings (SSSR count). The van der Waals surface area contributed by atoms with Gasteiger partial charge >= 0.3 is 12.4 Å². The van der Waals surface area contributed by atoms with E-state index in [2.05, 4.69) is 25.1 Å². The van der Waals surface area contributed by atoms with Crippen molar-refractivity contribution < 1.29 is 35.5 Å². The minimum atomic E-state index is -4.98. The fourth-order valence-corrected chi connectivity index (χ4v) is 5.65. The van der Waals surface area contributed by atoms with Gasteiger partial charge < -0.3 is 14.2 Å². The molecule has 0 aliphatic carbocycles. The number of aromatic nitrogens is 5. The fourth-order valence-electron chi connectivity index (χ4n) is 5.65. The molecule has 2 aliphatic heterocycles. The van der Waals surface area contributed by atoms with Crippen molar-refractivity contribution in [1.82, 2.24) is 24.7 Å². The second kappa shape index (κ2) is 10.9. The second-order valence-corrected chi connectivity index (χ2v) is 10.8. The van der Waals surface area contributed by atoms with Crippen molar-refractivity contribution >= 4 is 5.82 Å². The normalized spacial score (nSPS) is 20.0. The van der Waals surface area contributed by atoms with Gasteiger partial charge in [-0.25, -0.2) is 9.37 Å². The van der Waals surface area contributed by atoms with Gasteiger partial charge in [0, 0.05) is 44.4 Å². The molecule has 0 spiro atoms. The number of hydrogen-bond acceptors (Lipinski definition) is 6. The molecule has 0 saturated carbocycles. The highest BCUT2D eigenvalue weighted by Crippen LogP contribution is 2.41. The molecule has 7 nitrogen and oxygen atoms in total. The highest BCUT2D eigenvalue weighted by molar-refractivity contribution is 5.41. The molecule has 4 heterocycles. The van der Waals surface area contributed by atoms with Crippen molar-refractivity contribution in [3.8, 4) is 0 Å². The number of rotatable bonds is 6. The van der Waals surface area contributed by atoms with Crippen LogP contribution < -0.4 is 4.90 Å². The molecule has 14 heteroatoms. The number of ether oxygens (including phenoxy) is 1. The van der Waals surface area contributed by atoms with Crippen molar-refractivity contribution in [2.45, 2.75) is 56.3 Å². The highest BCUT2D eigenvalue weighted by atomic mass is 19.4. The first-order valence-electron chi connectivity index (χ1n) is 13.5. The smallest absolute Gasteiger partial charge is 0.369 e. The first-order valence-corrected chi connectivity index (χ1v) is 13.5. The van der Waals surface area contributed by atoms with Crippen LogP contribution in [0.1, 0.15) is 58.8 Å². The van der Waals surface area contributed by atoms with E-state index in [1.807, 2.05) is 4.57 Å². The van der Waals surface area contributed by atoms with Crippen LogP contribution in [0.5, 0.6) is 0 Å². The maximum absolute atomic E-state index is 13.8. The van der Waals surface area contributed by atoms with Crippen molar-refractivity contribution in [3.05, 3.63) is 101 Å². The third-order valence-corrected chi connectivity index (χ3v) is 7.94. The van der Waals surface area contributed by atoms with Gasteiger partial charge in [-0.15, -0.1) is 10.2 Å². The number of halogens is 7. The number of anilines is 1. The Balaban J connectivity index is 1.28. The summed E-state index contributed by atoms with van der Waals surface area (Å²) in [6.45, 7) is 3.04. The summed E-state index contributed by atoms with van der Waals surface area (Å²) in [6, 6.07) is 7.24. The Labute approximate surface area is 241 Å². The molecular formula is C29H25F7N6O. The quantitative estimate of drug-likeness (QED) is 0.239. The number of hydrogen-bond donors (Lipinski definition) is 0. The lowest BCUT2D eigenvalue weighted by Gasteiger charge is -2.40. The minimum Gasteiger partial charge on any atom is -0.369 e. The van der Waals surface area contributed by atoms with Crippen molar-refractivity contribution in [1.29, 1.82) is 0 Å². The zero-order chi connectivity index (χ0) is 30.5. The van der Waals surface area contributed by atoms with Crippen LogP contribution in [0, 0.1) is 5.82 Å². The first kappa shape index (κ1) is 29.0. The van der Waals surface area contributed by atoms with E-state index in [1.54, 1.807) is 30.7 Å². The molecule has 226 valence electrons. The number of alkyl halides is 6. The van der Waals surface area contributed by atoms with E-state index < -0.39 is 47.4 Å². The van der Waals surface area contributed by atoms with Crippen molar-refractivity contribution in [2.24, 2.45) is 0 Å². The average Bonchev–Trinajstić information content (AvgIpc) is 3.34. The van der Waals surface area contributed by atoms with Gasteiger partial charge in [-0.1, -0.05) is 12.1 Å². The Kier molecular flexibility index (Phi) is 7.35. The van der Waals surface area contributed by atoms with E-state index >= 15 is 0 Å². The molecule has 2 aromatic carbocycles. The average molecular weight is 607 g/mol. The largest absolute Gasteiger partial charge is 0.416 e. The van der Waals surface area contributed by atoms with E-state index in [-0.39, 0.29) is 24.0 Å². The Morgan fingerprint density at radius 1 is 0.884 bits per heavy atom. The van der Waals surface area contributed by atoms with E-state index in [9.17, 15) is 30.7 Å². The van der Waals surface area contributed by atoms with Gasteiger partial charge in [0.2, 0.25) is 0 Å². The lowest BCUT2D eigenvalue weighted by molar-refractivity contribution is -0.143. The number of fused-ring (bicyclic) bond motifs is 1. The summed E-state index contributed by atoms with van der Waals surface area (Å²) in [4.78, 5) is 10.5. The van der Waals surface area contributed by atoms with E-state index in [0.29, 0.717) is 43.2 Å². The van der Waals surface area contributed by atoms with Gasteiger partial charge in [0.15, 0.2) is 0 Å². The van der Waals surface area contributed by atoms with E-state index in [1.165, 1.54) is 19.1 Å². The van der Waals surface area contributed by atoms with Crippen molar-refractivity contribution in [3.63, 3.8) is 0 Å². The van der Waals surface area contributed by atoms with Gasteiger partial charge in [-0.05, 0) is 48.4 Å². The van der Waals surface area contributed by atoms with E-state index in [0.717, 1.165) is 11.6 Å². The van der Waals surface area contributed by atoms with Crippen LogP contribution in [-0.2, 0) is 30.1 Å². The molecule has 4 aromatic rings. The van der Waals surface area contributed by atoms with Gasteiger partial charge in [-0.2, -0.15) is 26.3 Å². The maximum atomic E-state index is 13.8. The lowest BCUT2D eigenvalue weighted by Crippen LogP contribution is -2.47. The Morgan fingerprint density at radius 2 is 1.56 bits per heavy atom. The van der Waals surface area contributed by atoms with Crippen LogP contribution in [0.15, 0.2) is 61.1 Å². The van der Waals surface area contributed by atoms with Crippen molar-refractivity contribution in [2.75, 3.05) is 18.0 Å². The molecule has 0 N–H and O–H groups in total. The van der Waals surface area contributed by atoms with Gasteiger partial charge in [0.05, 0.1) is 35.4 Å². The molecule has 43 heavy (non-hydrogen) atoms. The molecular weight excluding hydrogens is 581 g/mol. The maximum Gasteiger partial charge on any atom is 0.416 e. The molecule has 0 amide bonds. The summed E-state index contributed by atoms with van der Waals surface area (Å²) in [5.74, 6) is 1.28. The minimum absolute atomic E-state index is 0.0550. The monoisotopic (exact) mass is 606 g/mol. The molecule has 0 radical (unpaired) electrons. The summed E-state index contributed by atoms with van der Waals surface area (Å²) in [7, 11) is 0. The third kappa shape index (κ3) is 5.92. The Hall–Kier alpha value is -4.07. The number of nitrogens with zero attached hydrogens (tertiary/aromatic N) is 6. The van der Waals surface area contributed by atoms with Crippen LogP contribution in [0.4, 0.5) is 36.6 Å². The Bertz CT molecular complexity index is 1550. The van der Waals surface area contributed by atoms with Crippen LogP contribution in [-0.4, -0.2) is 43.9 Å². The molecule has 0 bridgehead atoms. The standard InChI is InChI=1S/C29H25F7N6O/c1-16(18-8-20(28(31,32)33)10-21(9-18)29(34,35)36)43-24-11-25-39-40-27(19-13-41(14-19)26-12-37-6-7-38-26)42(25)15-23(24)17-2-4-22(30)5-3-17/h2-10,12,16,19,23-24H,11,13-15H2,1H3/t16-,23-,24+/m1/s1. The molecule has 3 atom stereocenters. The Morgan fingerprint density at radius 3 is 2.16 bits per heavy atom.